The van der Waals surface area contributed by atoms with E-state index in [4.69, 9.17) is 0 Å². The van der Waals surface area contributed by atoms with Gasteiger partial charge in [0.2, 0.25) is 0 Å². The summed E-state index contributed by atoms with van der Waals surface area (Å²) in [6.45, 7) is 5.36. The summed E-state index contributed by atoms with van der Waals surface area (Å²) in [7, 11) is 0. The number of hydrogen-bond acceptors (Lipinski definition) is 2. The highest BCUT2D eigenvalue weighted by Gasteiger charge is 2.25. The molecule has 100 valence electrons. The molecule has 0 heterocycles. The van der Waals surface area contributed by atoms with Gasteiger partial charge in [-0.15, -0.1) is 0 Å². The van der Waals surface area contributed by atoms with Crippen LogP contribution < -0.4 is 5.32 Å². The Labute approximate surface area is 107 Å². The Kier molecular flexibility index (Phi) is 4.84. The number of aliphatic hydroxyl groups excluding tert-OH is 1. The summed E-state index contributed by atoms with van der Waals surface area (Å²) in [6, 6.07) is 4.05. The first-order valence-corrected chi connectivity index (χ1v) is 6.11. The molecule has 0 aliphatic rings. The van der Waals surface area contributed by atoms with Gasteiger partial charge in [0.05, 0.1) is 12.1 Å². The fourth-order valence-corrected chi connectivity index (χ4v) is 1.96. The molecule has 1 amide bonds. The first-order valence-electron chi connectivity index (χ1n) is 6.11. The first-order chi connectivity index (χ1) is 8.41. The number of nitrogens with one attached hydrogen (secondary N) is 1. The molecule has 3 nitrogen and oxygen atoms in total. The third kappa shape index (κ3) is 3.53. The van der Waals surface area contributed by atoms with Crippen molar-refractivity contribution in [1.82, 2.24) is 5.32 Å². The highest BCUT2D eigenvalue weighted by atomic mass is 19.1. The van der Waals surface area contributed by atoms with Crippen molar-refractivity contribution in [2.45, 2.75) is 39.2 Å². The van der Waals surface area contributed by atoms with Crippen molar-refractivity contribution in [3.63, 3.8) is 0 Å². The van der Waals surface area contributed by atoms with Crippen molar-refractivity contribution in [3.05, 3.63) is 35.1 Å². The molecule has 0 saturated heterocycles. The summed E-state index contributed by atoms with van der Waals surface area (Å²) < 4.78 is 13.0. The second-order valence-corrected chi connectivity index (χ2v) is 4.88. The van der Waals surface area contributed by atoms with E-state index >= 15 is 0 Å². The van der Waals surface area contributed by atoms with Crippen LogP contribution in [0.2, 0.25) is 0 Å². The van der Waals surface area contributed by atoms with Gasteiger partial charge in [-0.25, -0.2) is 4.39 Å². The van der Waals surface area contributed by atoms with E-state index in [0.717, 1.165) is 6.42 Å². The summed E-state index contributed by atoms with van der Waals surface area (Å²) in [6.07, 6.45) is 1.55. The molecule has 0 bridgehead atoms. The Morgan fingerprint density at radius 3 is 2.67 bits per heavy atom. The van der Waals surface area contributed by atoms with Crippen LogP contribution in [-0.4, -0.2) is 23.2 Å². The van der Waals surface area contributed by atoms with Crippen LogP contribution in [0.5, 0.6) is 0 Å². The number of carbonyl (C=O) groups excluding carboxylic acids is 1. The van der Waals surface area contributed by atoms with Crippen molar-refractivity contribution in [3.8, 4) is 0 Å². The SMILES string of the molecule is CCC[C@@](C)(CO)NC(=O)c1ccc(F)cc1C. The van der Waals surface area contributed by atoms with Crippen LogP contribution in [0.1, 0.15) is 42.6 Å². The van der Waals surface area contributed by atoms with Crippen LogP contribution in [-0.2, 0) is 0 Å². The molecule has 0 radical (unpaired) electrons. The highest BCUT2D eigenvalue weighted by Crippen LogP contribution is 2.15. The van der Waals surface area contributed by atoms with Gasteiger partial charge in [-0.05, 0) is 44.0 Å². The number of aliphatic hydroxyl groups is 1. The first kappa shape index (κ1) is 14.6. The van der Waals surface area contributed by atoms with Gasteiger partial charge in [-0.2, -0.15) is 0 Å². The number of hydrogen-bond donors (Lipinski definition) is 2. The van der Waals surface area contributed by atoms with E-state index in [-0.39, 0.29) is 18.3 Å². The van der Waals surface area contributed by atoms with Crippen LogP contribution in [0.15, 0.2) is 18.2 Å². The zero-order chi connectivity index (χ0) is 13.8. The van der Waals surface area contributed by atoms with Gasteiger partial charge in [0.1, 0.15) is 5.82 Å². The second-order valence-electron chi connectivity index (χ2n) is 4.88. The summed E-state index contributed by atoms with van der Waals surface area (Å²) in [5.41, 5.74) is 0.392. The maximum Gasteiger partial charge on any atom is 0.252 e. The van der Waals surface area contributed by atoms with Crippen molar-refractivity contribution in [1.29, 1.82) is 0 Å². The van der Waals surface area contributed by atoms with Crippen molar-refractivity contribution < 1.29 is 14.3 Å². The standard InChI is InChI=1S/C14H20FNO2/c1-4-7-14(3,9-17)16-13(18)12-6-5-11(15)8-10(12)2/h5-6,8,17H,4,7,9H2,1-3H3,(H,16,18)/t14-/m0/s1. The van der Waals surface area contributed by atoms with E-state index < -0.39 is 5.54 Å². The monoisotopic (exact) mass is 253 g/mol. The zero-order valence-electron chi connectivity index (χ0n) is 11.1. The molecule has 0 saturated carbocycles. The molecule has 4 heteroatoms. The van der Waals surface area contributed by atoms with Crippen LogP contribution in [0, 0.1) is 12.7 Å². The zero-order valence-corrected chi connectivity index (χ0v) is 11.1. The Hall–Kier alpha value is -1.42. The topological polar surface area (TPSA) is 49.3 Å². The average Bonchev–Trinajstić information content (AvgIpc) is 2.28. The number of aryl methyl sites for hydroxylation is 1. The van der Waals surface area contributed by atoms with Gasteiger partial charge in [-0.1, -0.05) is 13.3 Å². The van der Waals surface area contributed by atoms with Gasteiger partial charge in [0, 0.05) is 5.56 Å². The van der Waals surface area contributed by atoms with E-state index in [1.54, 1.807) is 13.8 Å². The number of carbonyl (C=O) groups is 1. The van der Waals surface area contributed by atoms with Gasteiger partial charge in [-0.3, -0.25) is 4.79 Å². The summed E-state index contributed by atoms with van der Waals surface area (Å²) in [5.74, 6) is -0.639. The summed E-state index contributed by atoms with van der Waals surface area (Å²) in [5, 5.41) is 12.2. The molecule has 1 aromatic carbocycles. The normalized spacial score (nSPS) is 14.1. The van der Waals surface area contributed by atoms with Crippen LogP contribution in [0.4, 0.5) is 4.39 Å². The third-order valence-electron chi connectivity index (χ3n) is 3.00. The molecule has 0 aliphatic carbocycles. The van der Waals surface area contributed by atoms with Crippen LogP contribution in [0.25, 0.3) is 0 Å². The maximum atomic E-state index is 13.0. The molecule has 2 N–H and O–H groups in total. The maximum absolute atomic E-state index is 13.0. The predicted octanol–water partition coefficient (Wildman–Crippen LogP) is 2.42. The molecule has 0 aliphatic heterocycles. The second kappa shape index (κ2) is 5.96. The molecule has 0 spiro atoms. The van der Waals surface area contributed by atoms with Crippen LogP contribution >= 0.6 is 0 Å². The quantitative estimate of drug-likeness (QED) is 0.846. The molecule has 0 unspecified atom stereocenters. The van der Waals surface area contributed by atoms with E-state index in [1.807, 2.05) is 6.92 Å². The minimum atomic E-state index is -0.632. The summed E-state index contributed by atoms with van der Waals surface area (Å²) in [4.78, 5) is 12.1. The lowest BCUT2D eigenvalue weighted by atomic mass is 9.96. The lowest BCUT2D eigenvalue weighted by Gasteiger charge is -2.28. The van der Waals surface area contributed by atoms with E-state index in [1.165, 1.54) is 18.2 Å². The molecule has 1 atom stereocenters. The summed E-state index contributed by atoms with van der Waals surface area (Å²) >= 11 is 0. The lowest BCUT2D eigenvalue weighted by molar-refractivity contribution is 0.0840. The number of halogens is 1. The number of benzene rings is 1. The van der Waals surface area contributed by atoms with Crippen molar-refractivity contribution >= 4 is 5.91 Å². The van der Waals surface area contributed by atoms with Crippen molar-refractivity contribution in [2.75, 3.05) is 6.61 Å². The third-order valence-corrected chi connectivity index (χ3v) is 3.00. The smallest absolute Gasteiger partial charge is 0.252 e. The molecule has 1 aromatic rings. The molecular weight excluding hydrogens is 233 g/mol. The Bertz CT molecular complexity index is 434. The molecule has 0 fully saturated rings. The van der Waals surface area contributed by atoms with Gasteiger partial charge in [0.15, 0.2) is 0 Å². The fourth-order valence-electron chi connectivity index (χ4n) is 1.96. The van der Waals surface area contributed by atoms with Crippen LogP contribution in [0.3, 0.4) is 0 Å². The molecular formula is C14H20FNO2. The minimum Gasteiger partial charge on any atom is -0.394 e. The van der Waals surface area contributed by atoms with E-state index in [0.29, 0.717) is 17.5 Å². The predicted molar refractivity (Wildman–Crippen MR) is 69.0 cm³/mol. The molecule has 1 rings (SSSR count). The number of rotatable bonds is 5. The largest absolute Gasteiger partial charge is 0.394 e. The number of amides is 1. The Morgan fingerprint density at radius 2 is 2.17 bits per heavy atom. The highest BCUT2D eigenvalue weighted by molar-refractivity contribution is 5.96. The van der Waals surface area contributed by atoms with E-state index in [9.17, 15) is 14.3 Å². The fraction of sp³-hybridized carbons (Fsp3) is 0.500. The Balaban J connectivity index is 2.87. The van der Waals surface area contributed by atoms with E-state index in [2.05, 4.69) is 5.32 Å². The minimum absolute atomic E-state index is 0.118. The lowest BCUT2D eigenvalue weighted by Crippen LogP contribution is -2.49. The molecule has 18 heavy (non-hydrogen) atoms. The Morgan fingerprint density at radius 1 is 1.50 bits per heavy atom. The van der Waals surface area contributed by atoms with Gasteiger partial charge < -0.3 is 10.4 Å². The van der Waals surface area contributed by atoms with Gasteiger partial charge >= 0.3 is 0 Å². The molecule has 0 aromatic heterocycles. The average molecular weight is 253 g/mol. The van der Waals surface area contributed by atoms with Gasteiger partial charge in [0.25, 0.3) is 5.91 Å². The van der Waals surface area contributed by atoms with Crippen molar-refractivity contribution in [2.24, 2.45) is 0 Å².